The maximum absolute atomic E-state index is 8.85. The van der Waals surface area contributed by atoms with Crippen molar-refractivity contribution in [3.63, 3.8) is 0 Å². The zero-order chi connectivity index (χ0) is 21.0. The molecular weight excluding hydrogens is 376 g/mol. The fourth-order valence-corrected chi connectivity index (χ4v) is 3.48. The van der Waals surface area contributed by atoms with Crippen molar-refractivity contribution in [2.24, 2.45) is 9.98 Å². The number of nitrogens with zero attached hydrogens (tertiary/aromatic N) is 2. The zero-order valence-corrected chi connectivity index (χ0v) is 17.2. The summed E-state index contributed by atoms with van der Waals surface area (Å²) in [6, 6.07) is 16.7. The van der Waals surface area contributed by atoms with Crippen molar-refractivity contribution in [2.75, 3.05) is 52.5 Å². The summed E-state index contributed by atoms with van der Waals surface area (Å²) in [5.74, 6) is 0. The highest BCUT2D eigenvalue weighted by molar-refractivity contribution is 6.21. The van der Waals surface area contributed by atoms with Crippen LogP contribution in [0.5, 0.6) is 0 Å². The van der Waals surface area contributed by atoms with E-state index in [0.717, 1.165) is 45.8 Å². The molecule has 6 nitrogen and oxygen atoms in total. The van der Waals surface area contributed by atoms with Crippen LogP contribution in [0.2, 0.25) is 0 Å². The second kappa shape index (κ2) is 12.1. The Balaban J connectivity index is 1.94. The number of fused-ring (bicyclic) bond motifs is 2. The molecule has 0 spiro atoms. The molecule has 30 heavy (non-hydrogen) atoms. The summed E-state index contributed by atoms with van der Waals surface area (Å²) < 4.78 is 0. The Hall–Kier alpha value is -2.64. The topological polar surface area (TPSA) is 89.2 Å². The highest BCUT2D eigenvalue weighted by atomic mass is 16.3. The van der Waals surface area contributed by atoms with E-state index in [1.165, 1.54) is 0 Å². The van der Waals surface area contributed by atoms with Crippen molar-refractivity contribution < 1.29 is 10.2 Å². The molecule has 0 fully saturated rings. The minimum absolute atomic E-state index is 0.138. The van der Waals surface area contributed by atoms with Gasteiger partial charge in [-0.05, 0) is 21.5 Å². The average Bonchev–Trinajstić information content (AvgIpc) is 2.79. The van der Waals surface area contributed by atoms with Gasteiger partial charge in [0.05, 0.1) is 26.3 Å². The molecule has 0 aromatic heterocycles. The normalized spacial score (nSPS) is 12.1. The molecule has 6 heteroatoms. The van der Waals surface area contributed by atoms with Crippen molar-refractivity contribution in [3.8, 4) is 0 Å². The average molecular weight is 407 g/mol. The monoisotopic (exact) mass is 406 g/mol. The van der Waals surface area contributed by atoms with Crippen LogP contribution in [0.25, 0.3) is 21.5 Å². The molecule has 0 aliphatic rings. The second-order valence-corrected chi connectivity index (χ2v) is 6.94. The minimum Gasteiger partial charge on any atom is -0.395 e. The molecule has 0 unspecified atom stereocenters. The molecule has 0 amide bonds. The van der Waals surface area contributed by atoms with Gasteiger partial charge in [-0.25, -0.2) is 0 Å². The predicted octanol–water partition coefficient (Wildman–Crippen LogP) is 1.99. The number of hydrogen-bond donors (Lipinski definition) is 4. The lowest BCUT2D eigenvalue weighted by Gasteiger charge is -2.12. The second-order valence-electron chi connectivity index (χ2n) is 6.94. The van der Waals surface area contributed by atoms with Crippen LogP contribution in [0.4, 0.5) is 0 Å². The van der Waals surface area contributed by atoms with Gasteiger partial charge in [-0.1, -0.05) is 48.5 Å². The third-order valence-corrected chi connectivity index (χ3v) is 4.87. The lowest BCUT2D eigenvalue weighted by atomic mass is 9.92. The molecule has 0 aliphatic carbocycles. The molecule has 0 heterocycles. The third kappa shape index (κ3) is 5.70. The standard InChI is InChI=1S/C24H30N4O2/c29-15-13-25-9-11-27-17-23-19-5-1-2-6-20(19)24(18-28-12-10-26-14-16-30)22-8-4-3-7-21(22)23/h1-8,17-18,25-26,29-30H,9-16H2. The van der Waals surface area contributed by atoms with E-state index in [9.17, 15) is 0 Å². The largest absolute Gasteiger partial charge is 0.395 e. The summed E-state index contributed by atoms with van der Waals surface area (Å²) in [5.41, 5.74) is 2.23. The van der Waals surface area contributed by atoms with E-state index in [2.05, 4.69) is 69.1 Å². The van der Waals surface area contributed by atoms with Crippen LogP contribution in [0.15, 0.2) is 58.5 Å². The third-order valence-electron chi connectivity index (χ3n) is 4.87. The van der Waals surface area contributed by atoms with Crippen molar-refractivity contribution in [1.29, 1.82) is 0 Å². The Morgan fingerprint density at radius 1 is 0.600 bits per heavy atom. The molecule has 3 aromatic rings. The van der Waals surface area contributed by atoms with Gasteiger partial charge in [0.2, 0.25) is 0 Å². The Labute approximate surface area is 177 Å². The lowest BCUT2D eigenvalue weighted by molar-refractivity contribution is 0.293. The molecule has 0 aliphatic heterocycles. The van der Waals surface area contributed by atoms with E-state index in [4.69, 9.17) is 10.2 Å². The van der Waals surface area contributed by atoms with Crippen molar-refractivity contribution in [3.05, 3.63) is 59.7 Å². The molecule has 0 bridgehead atoms. The van der Waals surface area contributed by atoms with E-state index in [0.29, 0.717) is 26.2 Å². The number of nitrogens with one attached hydrogen (secondary N) is 2. The van der Waals surface area contributed by atoms with Gasteiger partial charge in [0.25, 0.3) is 0 Å². The first-order valence-electron chi connectivity index (χ1n) is 10.4. The van der Waals surface area contributed by atoms with Crippen LogP contribution in [0.3, 0.4) is 0 Å². The minimum atomic E-state index is 0.138. The summed E-state index contributed by atoms with van der Waals surface area (Å²) in [6.07, 6.45) is 3.93. The van der Waals surface area contributed by atoms with Gasteiger partial charge in [0.15, 0.2) is 0 Å². The number of rotatable bonds is 12. The summed E-state index contributed by atoms with van der Waals surface area (Å²) >= 11 is 0. The van der Waals surface area contributed by atoms with Crippen LogP contribution in [0, 0.1) is 0 Å². The number of aliphatic hydroxyl groups is 2. The number of benzene rings is 3. The molecular formula is C24H30N4O2. The quantitative estimate of drug-likeness (QED) is 0.210. The first-order chi connectivity index (χ1) is 14.9. The highest BCUT2D eigenvalue weighted by Gasteiger charge is 2.11. The summed E-state index contributed by atoms with van der Waals surface area (Å²) in [6.45, 7) is 4.25. The summed E-state index contributed by atoms with van der Waals surface area (Å²) in [5, 5.41) is 28.6. The van der Waals surface area contributed by atoms with E-state index in [1.54, 1.807) is 0 Å². The maximum Gasteiger partial charge on any atom is 0.0555 e. The van der Waals surface area contributed by atoms with Crippen LogP contribution in [0.1, 0.15) is 11.1 Å². The molecule has 0 saturated carbocycles. The molecule has 3 aromatic carbocycles. The van der Waals surface area contributed by atoms with Gasteiger partial charge >= 0.3 is 0 Å². The van der Waals surface area contributed by atoms with Crippen molar-refractivity contribution in [2.45, 2.75) is 0 Å². The van der Waals surface area contributed by atoms with Crippen LogP contribution in [-0.4, -0.2) is 75.1 Å². The van der Waals surface area contributed by atoms with Gasteiger partial charge in [0, 0.05) is 49.7 Å². The first-order valence-corrected chi connectivity index (χ1v) is 10.4. The predicted molar refractivity (Wildman–Crippen MR) is 126 cm³/mol. The van der Waals surface area contributed by atoms with Gasteiger partial charge in [-0.15, -0.1) is 0 Å². The zero-order valence-electron chi connectivity index (χ0n) is 17.2. The Bertz CT molecular complexity index is 864. The van der Waals surface area contributed by atoms with E-state index in [-0.39, 0.29) is 13.2 Å². The van der Waals surface area contributed by atoms with Crippen molar-refractivity contribution >= 4 is 34.0 Å². The fraction of sp³-hybridized carbons (Fsp3) is 0.333. The van der Waals surface area contributed by atoms with Crippen molar-refractivity contribution in [1.82, 2.24) is 10.6 Å². The van der Waals surface area contributed by atoms with Gasteiger partial charge in [0.1, 0.15) is 0 Å². The van der Waals surface area contributed by atoms with Gasteiger partial charge < -0.3 is 20.8 Å². The maximum atomic E-state index is 8.85. The van der Waals surface area contributed by atoms with Crippen LogP contribution >= 0.6 is 0 Å². The van der Waals surface area contributed by atoms with E-state index in [1.807, 2.05) is 12.4 Å². The molecule has 0 radical (unpaired) electrons. The van der Waals surface area contributed by atoms with Crippen LogP contribution in [-0.2, 0) is 0 Å². The van der Waals surface area contributed by atoms with Crippen LogP contribution < -0.4 is 10.6 Å². The molecule has 0 saturated heterocycles. The summed E-state index contributed by atoms with van der Waals surface area (Å²) in [4.78, 5) is 9.23. The van der Waals surface area contributed by atoms with Gasteiger partial charge in [-0.3, -0.25) is 9.98 Å². The Morgan fingerprint density at radius 2 is 0.967 bits per heavy atom. The smallest absolute Gasteiger partial charge is 0.0555 e. The number of hydrogen-bond acceptors (Lipinski definition) is 6. The first kappa shape index (κ1) is 22.1. The SMILES string of the molecule is OCCNCCN=Cc1c2ccccc2c(C=NCCNCCO)c2ccccc12. The van der Waals surface area contributed by atoms with E-state index < -0.39 is 0 Å². The summed E-state index contributed by atoms with van der Waals surface area (Å²) in [7, 11) is 0. The molecule has 3 rings (SSSR count). The highest BCUT2D eigenvalue weighted by Crippen LogP contribution is 2.31. The number of aliphatic hydroxyl groups excluding tert-OH is 2. The molecule has 0 atom stereocenters. The Kier molecular flexibility index (Phi) is 8.93. The molecule has 4 N–H and O–H groups in total. The Morgan fingerprint density at radius 3 is 1.30 bits per heavy atom. The van der Waals surface area contributed by atoms with Gasteiger partial charge in [-0.2, -0.15) is 0 Å². The fourth-order valence-electron chi connectivity index (χ4n) is 3.48. The lowest BCUT2D eigenvalue weighted by Crippen LogP contribution is -2.21. The molecule has 158 valence electrons. The number of aliphatic imine (C=N–C) groups is 2. The van der Waals surface area contributed by atoms with E-state index >= 15 is 0 Å².